The fourth-order valence-corrected chi connectivity index (χ4v) is 3.22. The second kappa shape index (κ2) is 5.72. The van der Waals surface area contributed by atoms with Gasteiger partial charge in [-0.05, 0) is 61.7 Å². The summed E-state index contributed by atoms with van der Waals surface area (Å²) in [6, 6.07) is 8.24. The van der Waals surface area contributed by atoms with Gasteiger partial charge in [-0.3, -0.25) is 9.59 Å². The lowest BCUT2D eigenvalue weighted by atomic mass is 10.1. The molecular weight excluding hydrogens is 335 g/mol. The highest BCUT2D eigenvalue weighted by Gasteiger charge is 2.55. The lowest BCUT2D eigenvalue weighted by molar-refractivity contribution is -0.121. The van der Waals surface area contributed by atoms with Crippen molar-refractivity contribution in [3.63, 3.8) is 0 Å². The summed E-state index contributed by atoms with van der Waals surface area (Å²) in [4.78, 5) is 26.6. The maximum absolute atomic E-state index is 13.9. The van der Waals surface area contributed by atoms with Crippen molar-refractivity contribution in [1.82, 2.24) is 0 Å². The number of amides is 2. The van der Waals surface area contributed by atoms with E-state index in [4.69, 9.17) is 0 Å². The van der Waals surface area contributed by atoms with Crippen LogP contribution < -0.4 is 9.91 Å². The molecule has 2 aliphatic rings. The van der Waals surface area contributed by atoms with E-state index in [2.05, 4.69) is 10.3 Å². The van der Waals surface area contributed by atoms with Gasteiger partial charge in [0.2, 0.25) is 0 Å². The first kappa shape index (κ1) is 16.4. The SMILES string of the molecule is Cc1ccc(N2N=N[C@H]3C(=O)N(c4ccc(C)c(F)c4)C(=O)[C@H]32)cc1C. The largest absolute Gasteiger partial charge is 0.271 e. The number of carbonyl (C=O) groups is 2. The molecule has 0 aromatic heterocycles. The van der Waals surface area contributed by atoms with Crippen molar-refractivity contribution in [2.75, 3.05) is 9.91 Å². The van der Waals surface area contributed by atoms with Gasteiger partial charge in [-0.1, -0.05) is 17.4 Å². The van der Waals surface area contributed by atoms with Crippen molar-refractivity contribution in [3.05, 3.63) is 58.9 Å². The number of nitrogens with zero attached hydrogens (tertiary/aromatic N) is 4. The third-order valence-electron chi connectivity index (χ3n) is 4.95. The number of benzene rings is 2. The molecule has 2 aliphatic heterocycles. The average molecular weight is 352 g/mol. The molecule has 1 saturated heterocycles. The number of fused-ring (bicyclic) bond motifs is 1. The van der Waals surface area contributed by atoms with E-state index < -0.39 is 29.7 Å². The molecule has 6 nitrogen and oxygen atoms in total. The summed E-state index contributed by atoms with van der Waals surface area (Å²) in [5.41, 5.74) is 3.53. The quantitative estimate of drug-likeness (QED) is 0.780. The first-order valence-electron chi connectivity index (χ1n) is 8.29. The smallest absolute Gasteiger partial charge is 0.263 e. The molecule has 0 radical (unpaired) electrons. The minimum Gasteiger partial charge on any atom is -0.271 e. The monoisotopic (exact) mass is 352 g/mol. The Hall–Kier alpha value is -3.09. The summed E-state index contributed by atoms with van der Waals surface area (Å²) < 4.78 is 13.9. The fraction of sp³-hybridized carbons (Fsp3) is 0.263. The predicted molar refractivity (Wildman–Crippen MR) is 94.5 cm³/mol. The number of rotatable bonds is 2. The average Bonchev–Trinajstić information content (AvgIpc) is 3.14. The van der Waals surface area contributed by atoms with E-state index in [1.54, 1.807) is 19.1 Å². The number of carbonyl (C=O) groups excluding carboxylic acids is 2. The van der Waals surface area contributed by atoms with Crippen LogP contribution in [0.15, 0.2) is 46.7 Å². The Labute approximate surface area is 149 Å². The third kappa shape index (κ3) is 2.31. The number of aryl methyl sites for hydroxylation is 3. The molecule has 2 aromatic carbocycles. The van der Waals surface area contributed by atoms with Crippen LogP contribution in [0.3, 0.4) is 0 Å². The second-order valence-corrected chi connectivity index (χ2v) is 6.65. The molecule has 2 atom stereocenters. The molecule has 0 unspecified atom stereocenters. The highest BCUT2D eigenvalue weighted by atomic mass is 19.1. The fourth-order valence-electron chi connectivity index (χ4n) is 3.22. The van der Waals surface area contributed by atoms with Crippen LogP contribution in [0.4, 0.5) is 15.8 Å². The first-order valence-corrected chi connectivity index (χ1v) is 8.29. The van der Waals surface area contributed by atoms with Gasteiger partial charge in [-0.25, -0.2) is 14.3 Å². The van der Waals surface area contributed by atoms with Gasteiger partial charge in [0.05, 0.1) is 11.4 Å². The molecule has 4 rings (SSSR count). The van der Waals surface area contributed by atoms with E-state index in [0.29, 0.717) is 11.3 Å². The summed E-state index contributed by atoms with van der Waals surface area (Å²) in [6.45, 7) is 5.58. The van der Waals surface area contributed by atoms with Crippen molar-refractivity contribution < 1.29 is 14.0 Å². The van der Waals surface area contributed by atoms with Crippen LogP contribution in [-0.2, 0) is 9.59 Å². The molecule has 1 fully saturated rings. The summed E-state index contributed by atoms with van der Waals surface area (Å²) in [6.07, 6.45) is 0. The Morgan fingerprint density at radius 2 is 1.58 bits per heavy atom. The molecule has 7 heteroatoms. The van der Waals surface area contributed by atoms with E-state index in [0.717, 1.165) is 16.0 Å². The zero-order valence-electron chi connectivity index (χ0n) is 14.6. The van der Waals surface area contributed by atoms with Gasteiger partial charge >= 0.3 is 0 Å². The van der Waals surface area contributed by atoms with Gasteiger partial charge in [0.15, 0.2) is 12.1 Å². The van der Waals surface area contributed by atoms with E-state index in [1.807, 2.05) is 32.0 Å². The molecule has 0 N–H and O–H groups in total. The highest BCUT2D eigenvalue weighted by Crippen LogP contribution is 2.35. The molecule has 132 valence electrons. The van der Waals surface area contributed by atoms with Gasteiger partial charge in [-0.15, -0.1) is 0 Å². The van der Waals surface area contributed by atoms with E-state index in [9.17, 15) is 14.0 Å². The molecule has 26 heavy (non-hydrogen) atoms. The zero-order chi connectivity index (χ0) is 18.6. The topological polar surface area (TPSA) is 65.3 Å². The summed E-state index contributed by atoms with van der Waals surface area (Å²) in [5, 5.41) is 9.51. The Morgan fingerprint density at radius 1 is 0.885 bits per heavy atom. The molecule has 0 aliphatic carbocycles. The molecule has 2 amide bonds. The minimum absolute atomic E-state index is 0.215. The number of halogens is 1. The van der Waals surface area contributed by atoms with Gasteiger partial charge < -0.3 is 0 Å². The van der Waals surface area contributed by atoms with Crippen molar-refractivity contribution in [2.45, 2.75) is 32.9 Å². The van der Waals surface area contributed by atoms with E-state index in [1.165, 1.54) is 11.1 Å². The van der Waals surface area contributed by atoms with Gasteiger partial charge in [0.1, 0.15) is 5.82 Å². The van der Waals surface area contributed by atoms with Crippen molar-refractivity contribution >= 4 is 23.2 Å². The summed E-state index contributed by atoms with van der Waals surface area (Å²) in [7, 11) is 0. The zero-order valence-corrected chi connectivity index (χ0v) is 14.6. The van der Waals surface area contributed by atoms with Crippen LogP contribution in [-0.4, -0.2) is 23.9 Å². The summed E-state index contributed by atoms with van der Waals surface area (Å²) in [5.74, 6) is -1.40. The van der Waals surface area contributed by atoms with Gasteiger partial charge in [0, 0.05) is 0 Å². The van der Waals surface area contributed by atoms with Crippen LogP contribution in [0, 0.1) is 26.6 Å². The van der Waals surface area contributed by atoms with E-state index >= 15 is 0 Å². The van der Waals surface area contributed by atoms with Crippen LogP contribution in [0.25, 0.3) is 0 Å². The van der Waals surface area contributed by atoms with Crippen molar-refractivity contribution in [2.24, 2.45) is 10.3 Å². The van der Waals surface area contributed by atoms with Gasteiger partial charge in [0.25, 0.3) is 11.8 Å². The van der Waals surface area contributed by atoms with Crippen molar-refractivity contribution in [3.8, 4) is 0 Å². The molecular formula is C19H17FN4O2. The molecule has 0 bridgehead atoms. The lowest BCUT2D eigenvalue weighted by Crippen LogP contribution is -2.40. The third-order valence-corrected chi connectivity index (χ3v) is 4.95. The Balaban J connectivity index is 1.71. The highest BCUT2D eigenvalue weighted by molar-refractivity contribution is 6.26. The van der Waals surface area contributed by atoms with Crippen LogP contribution in [0.5, 0.6) is 0 Å². The minimum atomic E-state index is -0.909. The molecule has 2 aromatic rings. The lowest BCUT2D eigenvalue weighted by Gasteiger charge is -2.21. The second-order valence-electron chi connectivity index (χ2n) is 6.65. The maximum Gasteiger partial charge on any atom is 0.263 e. The number of anilines is 2. The van der Waals surface area contributed by atoms with Gasteiger partial charge in [-0.2, -0.15) is 5.11 Å². The van der Waals surface area contributed by atoms with E-state index in [-0.39, 0.29) is 5.69 Å². The van der Waals surface area contributed by atoms with Crippen molar-refractivity contribution in [1.29, 1.82) is 0 Å². The first-order chi connectivity index (χ1) is 12.4. The molecule has 0 saturated carbocycles. The summed E-state index contributed by atoms with van der Waals surface area (Å²) >= 11 is 0. The maximum atomic E-state index is 13.9. The van der Waals surface area contributed by atoms with Crippen LogP contribution in [0.2, 0.25) is 0 Å². The van der Waals surface area contributed by atoms with Crippen LogP contribution >= 0.6 is 0 Å². The number of hydrogen-bond acceptors (Lipinski definition) is 5. The predicted octanol–water partition coefficient (Wildman–Crippen LogP) is 3.25. The van der Waals surface area contributed by atoms with Crippen LogP contribution in [0.1, 0.15) is 16.7 Å². The number of imide groups is 1. The normalized spacial score (nSPS) is 21.7. The number of hydrogen-bond donors (Lipinski definition) is 0. The Bertz CT molecular complexity index is 972. The Kier molecular flexibility index (Phi) is 3.61. The standard InChI is InChI=1S/C19H17FN4O2/c1-10-4-7-14(8-12(10)3)24-17-16(21-22-24)18(25)23(19(17)26)13-6-5-11(2)15(20)9-13/h4-9,16-17H,1-3H3/t16-,17+/m1/s1. The Morgan fingerprint density at radius 3 is 2.27 bits per heavy atom. The molecule has 2 heterocycles. The molecule has 0 spiro atoms.